The van der Waals surface area contributed by atoms with Crippen LogP contribution in [-0.4, -0.2) is 47.1 Å². The summed E-state index contributed by atoms with van der Waals surface area (Å²) < 4.78 is 20.3. The first-order valence-corrected chi connectivity index (χ1v) is 13.8. The number of ether oxygens (including phenoxy) is 1. The van der Waals surface area contributed by atoms with E-state index in [9.17, 15) is 9.50 Å². The van der Waals surface area contributed by atoms with Crippen molar-refractivity contribution in [3.05, 3.63) is 101 Å². The molecule has 0 amide bonds. The largest absolute Gasteiger partial charge is 0.508 e. The van der Waals surface area contributed by atoms with Crippen LogP contribution in [0.5, 0.6) is 5.75 Å². The molecule has 0 radical (unpaired) electrons. The molecule has 1 aliphatic heterocycles. The Morgan fingerprint density at radius 3 is 2.66 bits per heavy atom. The first-order valence-electron chi connectivity index (χ1n) is 13.8. The molecule has 4 aromatic rings. The highest BCUT2D eigenvalue weighted by Gasteiger charge is 2.29. The maximum atomic E-state index is 14.7. The van der Waals surface area contributed by atoms with Gasteiger partial charge in [0, 0.05) is 17.9 Å². The fraction of sp³-hybridized carbons (Fsp3) is 0.281. The van der Waals surface area contributed by atoms with Gasteiger partial charge in [-0.25, -0.2) is 14.8 Å². The number of aromatic nitrogens is 2. The monoisotopic (exact) mass is 554 g/mol. The van der Waals surface area contributed by atoms with Gasteiger partial charge in [0.1, 0.15) is 5.75 Å². The van der Waals surface area contributed by atoms with Crippen molar-refractivity contribution < 1.29 is 14.2 Å². The van der Waals surface area contributed by atoms with Crippen molar-refractivity contribution in [2.24, 2.45) is 11.0 Å². The maximum absolute atomic E-state index is 14.7. The lowest BCUT2D eigenvalue weighted by Gasteiger charge is -2.38. The molecule has 3 N–H and O–H groups in total. The van der Waals surface area contributed by atoms with Crippen LogP contribution in [0, 0.1) is 18.7 Å². The number of hydrogen-bond acceptors (Lipinski definition) is 8. The third-order valence-electron chi connectivity index (χ3n) is 7.13. The number of nitrogens with one attached hydrogen (secondary N) is 2. The molecule has 8 nitrogen and oxygen atoms in total. The number of aromatic hydroxyl groups is 1. The van der Waals surface area contributed by atoms with E-state index in [1.54, 1.807) is 18.3 Å². The van der Waals surface area contributed by atoms with E-state index in [1.165, 1.54) is 11.8 Å². The topological polar surface area (TPSA) is 94.9 Å². The Kier molecular flexibility index (Phi) is 8.74. The van der Waals surface area contributed by atoms with Gasteiger partial charge < -0.3 is 20.1 Å². The highest BCUT2D eigenvalue weighted by molar-refractivity contribution is 5.83. The Hall–Kier alpha value is -4.50. The van der Waals surface area contributed by atoms with E-state index in [4.69, 9.17) is 4.74 Å². The molecule has 1 saturated heterocycles. The van der Waals surface area contributed by atoms with Crippen LogP contribution >= 0.6 is 0 Å². The third-order valence-corrected chi connectivity index (χ3v) is 7.13. The van der Waals surface area contributed by atoms with E-state index in [1.807, 2.05) is 48.2 Å². The van der Waals surface area contributed by atoms with Gasteiger partial charge in [-0.05, 0) is 77.9 Å². The summed E-state index contributed by atoms with van der Waals surface area (Å²) in [6.07, 6.45) is 3.64. The van der Waals surface area contributed by atoms with Crippen molar-refractivity contribution in [1.82, 2.24) is 9.97 Å². The van der Waals surface area contributed by atoms with E-state index in [-0.39, 0.29) is 29.5 Å². The van der Waals surface area contributed by atoms with Crippen LogP contribution in [0.2, 0.25) is 0 Å². The van der Waals surface area contributed by atoms with Crippen molar-refractivity contribution in [1.29, 1.82) is 0 Å². The van der Waals surface area contributed by atoms with Crippen molar-refractivity contribution in [2.45, 2.75) is 33.2 Å². The van der Waals surface area contributed by atoms with Gasteiger partial charge in [0.05, 0.1) is 31.7 Å². The summed E-state index contributed by atoms with van der Waals surface area (Å²) in [6.45, 7) is 7.84. The number of rotatable bonds is 9. The lowest BCUT2D eigenvalue weighted by molar-refractivity contribution is 0.0798. The zero-order chi connectivity index (χ0) is 28.8. The van der Waals surface area contributed by atoms with Crippen LogP contribution in [0.3, 0.4) is 0 Å². The highest BCUT2D eigenvalue weighted by Crippen LogP contribution is 2.26. The van der Waals surface area contributed by atoms with Gasteiger partial charge in [-0.15, -0.1) is 0 Å². The SMILES string of the molecule is Cc1cc(Nc2ccc(Cc3cccc(O)c3)cc2)ccc1/C=N/Nc1ncc(F)c(N2CCOCC2C(C)C)n1. The number of phenols is 1. The van der Waals surface area contributed by atoms with Gasteiger partial charge in [-0.1, -0.05) is 44.2 Å². The van der Waals surface area contributed by atoms with E-state index >= 15 is 0 Å². The van der Waals surface area contributed by atoms with E-state index in [0.29, 0.717) is 19.8 Å². The molecule has 9 heteroatoms. The molecule has 2 heterocycles. The van der Waals surface area contributed by atoms with Crippen LogP contribution in [-0.2, 0) is 11.2 Å². The van der Waals surface area contributed by atoms with Gasteiger partial charge in [0.2, 0.25) is 5.95 Å². The first kappa shape index (κ1) is 28.0. The van der Waals surface area contributed by atoms with Crippen molar-refractivity contribution in [3.8, 4) is 5.75 Å². The number of benzene rings is 3. The van der Waals surface area contributed by atoms with Crippen LogP contribution in [0.15, 0.2) is 78.0 Å². The molecule has 0 saturated carbocycles. The van der Waals surface area contributed by atoms with Gasteiger partial charge >= 0.3 is 0 Å². The summed E-state index contributed by atoms with van der Waals surface area (Å²) in [7, 11) is 0. The molecule has 5 rings (SSSR count). The van der Waals surface area contributed by atoms with Gasteiger partial charge in [0.15, 0.2) is 11.6 Å². The minimum atomic E-state index is -0.461. The van der Waals surface area contributed by atoms with Crippen LogP contribution in [0.25, 0.3) is 0 Å². The van der Waals surface area contributed by atoms with Crippen molar-refractivity contribution in [3.63, 3.8) is 0 Å². The number of anilines is 4. The molecule has 0 bridgehead atoms. The quantitative estimate of drug-likeness (QED) is 0.166. The maximum Gasteiger partial charge on any atom is 0.245 e. The Labute approximate surface area is 239 Å². The molecule has 0 aliphatic carbocycles. The Balaban J connectivity index is 1.20. The fourth-order valence-electron chi connectivity index (χ4n) is 4.88. The number of hydrogen-bond donors (Lipinski definition) is 3. The summed E-state index contributed by atoms with van der Waals surface area (Å²) in [5, 5.41) is 17.4. The van der Waals surface area contributed by atoms with E-state index < -0.39 is 5.82 Å². The zero-order valence-electron chi connectivity index (χ0n) is 23.5. The minimum Gasteiger partial charge on any atom is -0.508 e. The molecule has 212 valence electrons. The smallest absolute Gasteiger partial charge is 0.245 e. The Bertz CT molecular complexity index is 1510. The van der Waals surface area contributed by atoms with Gasteiger partial charge in [-0.2, -0.15) is 10.1 Å². The second-order valence-electron chi connectivity index (χ2n) is 10.6. The predicted molar refractivity (Wildman–Crippen MR) is 162 cm³/mol. The third kappa shape index (κ3) is 7.18. The van der Waals surface area contributed by atoms with Crippen LogP contribution < -0.4 is 15.6 Å². The van der Waals surface area contributed by atoms with Gasteiger partial charge in [0.25, 0.3) is 0 Å². The van der Waals surface area contributed by atoms with E-state index in [0.717, 1.165) is 34.5 Å². The second-order valence-corrected chi connectivity index (χ2v) is 10.6. The summed E-state index contributed by atoms with van der Waals surface area (Å²) >= 11 is 0. The Morgan fingerprint density at radius 1 is 1.10 bits per heavy atom. The second kappa shape index (κ2) is 12.8. The number of morpholine rings is 1. The molecule has 41 heavy (non-hydrogen) atoms. The average molecular weight is 555 g/mol. The van der Waals surface area contributed by atoms with Crippen molar-refractivity contribution in [2.75, 3.05) is 35.4 Å². The summed E-state index contributed by atoms with van der Waals surface area (Å²) in [5.41, 5.74) is 8.99. The standard InChI is InChI=1S/C32H35FN6O2/c1-21(2)30-20-41-14-13-39(30)31-29(33)19-34-32(37-31)38-35-18-25-9-12-27(15-22(25)3)36-26-10-7-23(8-11-26)16-24-5-4-6-28(40)17-24/h4-12,15,17-19,21,30,36,40H,13-14,16,20H2,1-3H3,(H,34,37,38)/b35-18+. The fourth-order valence-corrected chi connectivity index (χ4v) is 4.88. The number of hydrazone groups is 1. The lowest BCUT2D eigenvalue weighted by Crippen LogP contribution is -2.49. The molecule has 1 fully saturated rings. The highest BCUT2D eigenvalue weighted by atomic mass is 19.1. The zero-order valence-corrected chi connectivity index (χ0v) is 23.5. The minimum absolute atomic E-state index is 0.0434. The summed E-state index contributed by atoms with van der Waals surface area (Å²) in [6, 6.07) is 21.6. The lowest BCUT2D eigenvalue weighted by atomic mass is 10.0. The van der Waals surface area contributed by atoms with Crippen LogP contribution in [0.4, 0.5) is 27.5 Å². The Morgan fingerprint density at radius 2 is 1.90 bits per heavy atom. The molecular weight excluding hydrogens is 519 g/mol. The first-order chi connectivity index (χ1) is 19.9. The summed E-state index contributed by atoms with van der Waals surface area (Å²) in [5.74, 6) is 0.600. The molecule has 1 atom stereocenters. The molecule has 1 unspecified atom stereocenters. The summed E-state index contributed by atoms with van der Waals surface area (Å²) in [4.78, 5) is 10.4. The average Bonchev–Trinajstić information content (AvgIpc) is 2.96. The molecule has 0 spiro atoms. The van der Waals surface area contributed by atoms with Gasteiger partial charge in [-0.3, -0.25) is 0 Å². The normalized spacial score (nSPS) is 15.4. The molecule has 1 aliphatic rings. The van der Waals surface area contributed by atoms with Crippen LogP contribution in [0.1, 0.15) is 36.1 Å². The molecular formula is C32H35FN6O2. The van der Waals surface area contributed by atoms with E-state index in [2.05, 4.69) is 57.9 Å². The van der Waals surface area contributed by atoms with Crippen molar-refractivity contribution >= 4 is 29.4 Å². The molecule has 3 aromatic carbocycles. The number of halogens is 1. The molecule has 1 aromatic heterocycles. The number of phenolic OH excluding ortho intramolecular Hbond substituents is 1. The number of nitrogens with zero attached hydrogens (tertiary/aromatic N) is 4. The number of aryl methyl sites for hydroxylation is 1. The predicted octanol–water partition coefficient (Wildman–Crippen LogP) is 6.27.